The molecule has 4 heteroatoms. The van der Waals surface area contributed by atoms with E-state index in [1.54, 1.807) is 0 Å². The molecule has 2 nitrogen and oxygen atoms in total. The van der Waals surface area contributed by atoms with Crippen LogP contribution in [-0.2, 0) is 0 Å². The van der Waals surface area contributed by atoms with E-state index in [9.17, 15) is 0 Å². The van der Waals surface area contributed by atoms with Gasteiger partial charge in [0.15, 0.2) is 0 Å². The molecule has 0 bridgehead atoms. The van der Waals surface area contributed by atoms with Crippen molar-refractivity contribution < 1.29 is 0 Å². The van der Waals surface area contributed by atoms with Gasteiger partial charge in [0.1, 0.15) is 0 Å². The van der Waals surface area contributed by atoms with Gasteiger partial charge in [0.2, 0.25) is 0 Å². The second-order valence-corrected chi connectivity index (χ2v) is 23.7. The quantitative estimate of drug-likeness (QED) is 0.120. The maximum absolute atomic E-state index is 2.46. The fraction of sp³-hybridized carbons (Fsp3) is 0.0513. The maximum Gasteiger partial charge on any atom is 0.0600 e. The molecule has 11 aromatic carbocycles. The van der Waals surface area contributed by atoms with Crippen molar-refractivity contribution >= 4 is 57.6 Å². The van der Waals surface area contributed by atoms with E-state index in [0.29, 0.717) is 22.3 Å². The molecule has 2 heterocycles. The minimum Gasteiger partial charge on any atom is -0.309 e. The predicted octanol–water partition coefficient (Wildman–Crippen LogP) is 22.0. The van der Waals surface area contributed by atoms with Crippen molar-refractivity contribution in [2.45, 2.75) is 32.1 Å². The Labute approximate surface area is 489 Å². The Morgan fingerprint density at radius 2 is 0.500 bits per heavy atom. The van der Waals surface area contributed by atoms with Crippen LogP contribution in [0.15, 0.2) is 325 Å². The van der Waals surface area contributed by atoms with Crippen LogP contribution >= 0.6 is 23.5 Å². The van der Waals surface area contributed by atoms with Gasteiger partial charge in [-0.15, -0.1) is 23.5 Å². The zero-order chi connectivity index (χ0) is 54.3. The number of hydrogen-bond donors (Lipinski definition) is 0. The molecule has 2 aliphatic carbocycles. The van der Waals surface area contributed by atoms with Crippen molar-refractivity contribution in [2.24, 2.45) is 0 Å². The number of allylic oxidation sites excluding steroid dienone is 6. The zero-order valence-corrected chi connectivity index (χ0v) is 46.7. The van der Waals surface area contributed by atoms with Crippen LogP contribution < -0.4 is 9.80 Å². The summed E-state index contributed by atoms with van der Waals surface area (Å²) < 4.78 is 0. The van der Waals surface area contributed by atoms with Crippen molar-refractivity contribution in [1.29, 1.82) is 0 Å². The minimum atomic E-state index is 0.356. The van der Waals surface area contributed by atoms with Gasteiger partial charge in [0, 0.05) is 54.9 Å². The summed E-state index contributed by atoms with van der Waals surface area (Å²) in [6.45, 7) is 0. The maximum atomic E-state index is 2.46. The lowest BCUT2D eigenvalue weighted by Gasteiger charge is -2.30. The Morgan fingerprint density at radius 1 is 0.232 bits per heavy atom. The Balaban J connectivity index is 0.975. The van der Waals surface area contributed by atoms with Crippen molar-refractivity contribution in [3.63, 3.8) is 0 Å². The third-order valence-electron chi connectivity index (χ3n) is 16.5. The lowest BCUT2D eigenvalue weighted by atomic mass is 9.74. The molecular weight excluding hydrogens is 1030 g/mol. The fourth-order valence-corrected chi connectivity index (χ4v) is 15.8. The number of anilines is 6. The summed E-state index contributed by atoms with van der Waals surface area (Å²) in [5.41, 5.74) is 23.6. The standard InChI is InChI=1S/C78H56N2S2/c1-7-25-53(26-8-1)71-72(54-27-9-2-10-28-54)76(58-47-51-62(52-48-58)80(60-35-17-6-18-36-60)68-42-24-40-66-64-38-20-22-44-70(64)82-78(66)68)74(56-31-13-4-14-32-56)73(55-29-11-3-12-30-55)75(71)57-45-49-61(50-46-57)79(59-33-15-5-16-34-59)67-41-23-39-65-63-37-19-21-43-69(63)81-77(65)67/h1-52,63-64,69-70H. The van der Waals surface area contributed by atoms with Crippen LogP contribution in [0.2, 0.25) is 0 Å². The van der Waals surface area contributed by atoms with Crippen LogP contribution in [0.25, 0.3) is 66.8 Å². The Bertz CT molecular complexity index is 3870. The van der Waals surface area contributed by atoms with Crippen molar-refractivity contribution in [3.8, 4) is 66.8 Å². The highest BCUT2D eigenvalue weighted by molar-refractivity contribution is 8.00. The summed E-state index contributed by atoms with van der Waals surface area (Å²) in [5.74, 6) is 0.713. The van der Waals surface area contributed by atoms with E-state index in [2.05, 4.69) is 325 Å². The molecular formula is C78H56N2S2. The molecule has 390 valence electrons. The monoisotopic (exact) mass is 1080 g/mol. The SMILES string of the molecule is C1=CC2Sc3c(cccc3N(c3ccccc3)c3ccc(-c4c(-c5ccccc5)c(-c5ccccc5)c(-c5ccc(N(c6ccccc6)c6cccc7c6SC6C=CC=CC76)cc5)c(-c5ccccc5)c4-c4ccccc4)cc3)C2C=C1. The topological polar surface area (TPSA) is 6.48 Å². The summed E-state index contributed by atoms with van der Waals surface area (Å²) in [7, 11) is 0. The number of benzene rings is 11. The first-order chi connectivity index (χ1) is 40.7. The van der Waals surface area contributed by atoms with Gasteiger partial charge >= 0.3 is 0 Å². The molecule has 15 rings (SSSR count). The molecule has 2 aliphatic heterocycles. The number of fused-ring (bicyclic) bond motifs is 6. The average Bonchev–Trinajstić information content (AvgIpc) is 3.92. The molecule has 4 atom stereocenters. The first-order valence-electron chi connectivity index (χ1n) is 28.4. The molecule has 0 N–H and O–H groups in total. The first kappa shape index (κ1) is 49.7. The number of rotatable bonds is 12. The van der Waals surface area contributed by atoms with Crippen LogP contribution in [-0.4, -0.2) is 10.5 Å². The summed E-state index contributed by atoms with van der Waals surface area (Å²) in [6, 6.07) is 98.7. The molecule has 0 radical (unpaired) electrons. The third kappa shape index (κ3) is 8.87. The van der Waals surface area contributed by atoms with Gasteiger partial charge in [-0.25, -0.2) is 0 Å². The Kier molecular flexibility index (Phi) is 13.1. The molecule has 11 aromatic rings. The van der Waals surface area contributed by atoms with Crippen LogP contribution in [0, 0.1) is 0 Å². The smallest absolute Gasteiger partial charge is 0.0600 e. The van der Waals surface area contributed by atoms with Crippen LogP contribution in [0.1, 0.15) is 23.0 Å². The number of hydrogen-bond acceptors (Lipinski definition) is 4. The van der Waals surface area contributed by atoms with Gasteiger partial charge in [0.25, 0.3) is 0 Å². The summed E-state index contributed by atoms with van der Waals surface area (Å²) in [4.78, 5) is 7.59. The van der Waals surface area contributed by atoms with Crippen LogP contribution in [0.4, 0.5) is 34.1 Å². The van der Waals surface area contributed by atoms with Crippen LogP contribution in [0.3, 0.4) is 0 Å². The lowest BCUT2D eigenvalue weighted by molar-refractivity contribution is 0.880. The van der Waals surface area contributed by atoms with Crippen molar-refractivity contribution in [2.75, 3.05) is 9.80 Å². The second kappa shape index (κ2) is 21.6. The third-order valence-corrected chi connectivity index (χ3v) is 19.3. The number of nitrogens with zero attached hydrogens (tertiary/aromatic N) is 2. The largest absolute Gasteiger partial charge is 0.309 e. The molecule has 82 heavy (non-hydrogen) atoms. The Hall–Kier alpha value is -9.32. The van der Waals surface area contributed by atoms with Crippen LogP contribution in [0.5, 0.6) is 0 Å². The molecule has 0 amide bonds. The van der Waals surface area contributed by atoms with Gasteiger partial charge in [0.05, 0.1) is 11.4 Å². The zero-order valence-electron chi connectivity index (χ0n) is 45.0. The Morgan fingerprint density at radius 3 is 0.817 bits per heavy atom. The highest BCUT2D eigenvalue weighted by Gasteiger charge is 2.37. The highest BCUT2D eigenvalue weighted by Crippen LogP contribution is 2.59. The van der Waals surface area contributed by atoms with E-state index in [1.807, 2.05) is 23.5 Å². The van der Waals surface area contributed by atoms with Crippen molar-refractivity contribution in [1.82, 2.24) is 0 Å². The number of thioether (sulfide) groups is 2. The summed E-state index contributed by atoms with van der Waals surface area (Å²) in [6.07, 6.45) is 18.3. The van der Waals surface area contributed by atoms with E-state index in [-0.39, 0.29) is 0 Å². The predicted molar refractivity (Wildman–Crippen MR) is 350 cm³/mol. The van der Waals surface area contributed by atoms with E-state index in [1.165, 1.54) is 65.7 Å². The van der Waals surface area contributed by atoms with E-state index in [4.69, 9.17) is 0 Å². The van der Waals surface area contributed by atoms with E-state index < -0.39 is 0 Å². The van der Waals surface area contributed by atoms with Gasteiger partial charge in [-0.2, -0.15) is 0 Å². The molecule has 4 unspecified atom stereocenters. The average molecular weight is 1090 g/mol. The summed E-state index contributed by atoms with van der Waals surface area (Å²) >= 11 is 3.96. The minimum absolute atomic E-state index is 0.356. The normalized spacial score (nSPS) is 17.0. The van der Waals surface area contributed by atoms with E-state index in [0.717, 1.165) is 56.1 Å². The van der Waals surface area contributed by atoms with E-state index >= 15 is 0 Å². The molecule has 0 aromatic heterocycles. The molecule has 0 saturated heterocycles. The van der Waals surface area contributed by atoms with Gasteiger partial charge < -0.3 is 9.80 Å². The van der Waals surface area contributed by atoms with Gasteiger partial charge in [-0.3, -0.25) is 0 Å². The lowest BCUT2D eigenvalue weighted by Crippen LogP contribution is -2.11. The highest BCUT2D eigenvalue weighted by atomic mass is 32.2. The molecule has 0 spiro atoms. The first-order valence-corrected chi connectivity index (χ1v) is 30.2. The molecule has 0 fully saturated rings. The molecule has 4 aliphatic rings. The van der Waals surface area contributed by atoms with Gasteiger partial charge in [-0.05, 0) is 139 Å². The molecule has 0 saturated carbocycles. The fourth-order valence-electron chi connectivity index (χ4n) is 12.9. The van der Waals surface area contributed by atoms with Gasteiger partial charge in [-0.1, -0.05) is 255 Å². The van der Waals surface area contributed by atoms with Crippen molar-refractivity contribution in [3.05, 3.63) is 327 Å². The number of para-hydroxylation sites is 2. The summed E-state index contributed by atoms with van der Waals surface area (Å²) in [5, 5.41) is 0.761. The second-order valence-electron chi connectivity index (χ2n) is 21.3.